The van der Waals surface area contributed by atoms with E-state index < -0.39 is 5.41 Å². The summed E-state index contributed by atoms with van der Waals surface area (Å²) in [5.41, 5.74) is 11.9. The quantitative estimate of drug-likeness (QED) is 0.197. The van der Waals surface area contributed by atoms with Gasteiger partial charge in [0.2, 0.25) is 0 Å². The van der Waals surface area contributed by atoms with Crippen LogP contribution in [0.15, 0.2) is 182 Å². The third kappa shape index (κ3) is 4.26. The van der Waals surface area contributed by atoms with Gasteiger partial charge in [0.25, 0.3) is 0 Å². The number of rotatable bonds is 5. The van der Waals surface area contributed by atoms with Crippen molar-refractivity contribution < 1.29 is 0 Å². The molecule has 0 spiro atoms. The summed E-state index contributed by atoms with van der Waals surface area (Å²) in [6, 6.07) is 64.9. The Morgan fingerprint density at radius 2 is 0.872 bits per heavy atom. The van der Waals surface area contributed by atoms with Crippen molar-refractivity contribution in [2.75, 3.05) is 0 Å². The van der Waals surface area contributed by atoms with Gasteiger partial charge in [0.1, 0.15) is 0 Å². The molecule has 9 rings (SSSR count). The highest BCUT2D eigenvalue weighted by Crippen LogP contribution is 2.59. The van der Waals surface area contributed by atoms with Crippen LogP contribution in [0.1, 0.15) is 22.3 Å². The number of hydrogen-bond donors (Lipinski definition) is 0. The second kappa shape index (κ2) is 11.0. The van der Waals surface area contributed by atoms with Gasteiger partial charge in [-0.15, -0.1) is 0 Å². The molecule has 2 nitrogen and oxygen atoms in total. The molecule has 0 fully saturated rings. The fourth-order valence-electron chi connectivity index (χ4n) is 7.57. The van der Waals surface area contributed by atoms with Crippen molar-refractivity contribution >= 4 is 10.8 Å². The standard InChI is InChI=1S/C45H30N2/c1-5-17-31(18-6-1)40-30-41(32-19-7-2-8-20-32)47-44(46-40)43-36-26-14-13-21-33(36)29-39-42(43)37-27-15-16-28-38(37)45(39,34-22-9-3-10-23-34)35-24-11-4-12-25-35/h1-30H. The maximum absolute atomic E-state index is 5.38. The molecule has 0 N–H and O–H groups in total. The third-order valence-electron chi connectivity index (χ3n) is 9.56. The summed E-state index contributed by atoms with van der Waals surface area (Å²) in [5, 5.41) is 2.31. The van der Waals surface area contributed by atoms with E-state index in [4.69, 9.17) is 9.97 Å². The van der Waals surface area contributed by atoms with E-state index in [1.165, 1.54) is 38.8 Å². The van der Waals surface area contributed by atoms with Gasteiger partial charge in [-0.2, -0.15) is 0 Å². The predicted molar refractivity (Wildman–Crippen MR) is 193 cm³/mol. The number of aromatic nitrogens is 2. The first-order valence-corrected chi connectivity index (χ1v) is 16.1. The Morgan fingerprint density at radius 1 is 0.383 bits per heavy atom. The Hall–Kier alpha value is -6.12. The smallest absolute Gasteiger partial charge is 0.161 e. The molecule has 220 valence electrons. The molecule has 47 heavy (non-hydrogen) atoms. The van der Waals surface area contributed by atoms with E-state index in [0.29, 0.717) is 0 Å². The fraction of sp³-hybridized carbons (Fsp3) is 0.0222. The molecule has 8 aromatic rings. The van der Waals surface area contributed by atoms with E-state index in [1.807, 2.05) is 12.1 Å². The fourth-order valence-corrected chi connectivity index (χ4v) is 7.57. The van der Waals surface area contributed by atoms with Gasteiger partial charge in [-0.05, 0) is 56.3 Å². The van der Waals surface area contributed by atoms with Gasteiger partial charge in [0.15, 0.2) is 5.82 Å². The minimum Gasteiger partial charge on any atom is -0.228 e. The van der Waals surface area contributed by atoms with Crippen molar-refractivity contribution in [3.63, 3.8) is 0 Å². The highest BCUT2D eigenvalue weighted by atomic mass is 14.9. The molecular formula is C45H30N2. The molecule has 1 aliphatic rings. The van der Waals surface area contributed by atoms with Crippen LogP contribution in [-0.4, -0.2) is 9.97 Å². The monoisotopic (exact) mass is 598 g/mol. The van der Waals surface area contributed by atoms with Crippen molar-refractivity contribution in [2.24, 2.45) is 0 Å². The van der Waals surface area contributed by atoms with Crippen LogP contribution in [0.2, 0.25) is 0 Å². The summed E-state index contributed by atoms with van der Waals surface area (Å²) in [5.74, 6) is 0.727. The van der Waals surface area contributed by atoms with E-state index in [9.17, 15) is 0 Å². The zero-order chi connectivity index (χ0) is 31.2. The highest BCUT2D eigenvalue weighted by molar-refractivity contribution is 6.08. The summed E-state index contributed by atoms with van der Waals surface area (Å²) in [6.07, 6.45) is 0. The lowest BCUT2D eigenvalue weighted by molar-refractivity contribution is 0.769. The van der Waals surface area contributed by atoms with Gasteiger partial charge in [-0.25, -0.2) is 9.97 Å². The first-order valence-electron chi connectivity index (χ1n) is 16.1. The number of fused-ring (bicyclic) bond motifs is 4. The van der Waals surface area contributed by atoms with E-state index in [2.05, 4.69) is 170 Å². The molecule has 0 saturated carbocycles. The maximum atomic E-state index is 5.38. The molecule has 0 radical (unpaired) electrons. The minimum absolute atomic E-state index is 0.521. The maximum Gasteiger partial charge on any atom is 0.161 e. The van der Waals surface area contributed by atoms with Crippen LogP contribution in [-0.2, 0) is 5.41 Å². The second-order valence-electron chi connectivity index (χ2n) is 12.1. The first kappa shape index (κ1) is 27.2. The lowest BCUT2D eigenvalue weighted by Gasteiger charge is -2.34. The predicted octanol–water partition coefficient (Wildman–Crippen LogP) is 11.0. The number of hydrogen-bond acceptors (Lipinski definition) is 2. The summed E-state index contributed by atoms with van der Waals surface area (Å²) in [4.78, 5) is 10.8. The Balaban J connectivity index is 1.45. The Kier molecular flexibility index (Phi) is 6.39. The van der Waals surface area contributed by atoms with Crippen LogP contribution in [0.3, 0.4) is 0 Å². The van der Waals surface area contributed by atoms with E-state index in [-0.39, 0.29) is 0 Å². The van der Waals surface area contributed by atoms with Gasteiger partial charge in [0, 0.05) is 16.7 Å². The number of nitrogens with zero attached hydrogens (tertiary/aromatic N) is 2. The molecule has 0 aliphatic heterocycles. The van der Waals surface area contributed by atoms with Gasteiger partial charge >= 0.3 is 0 Å². The zero-order valence-electron chi connectivity index (χ0n) is 25.7. The Morgan fingerprint density at radius 3 is 1.47 bits per heavy atom. The molecule has 1 heterocycles. The minimum atomic E-state index is -0.521. The Bertz CT molecular complexity index is 2280. The molecule has 1 aromatic heterocycles. The molecule has 1 aliphatic carbocycles. The van der Waals surface area contributed by atoms with Crippen molar-refractivity contribution in [3.8, 4) is 45.0 Å². The van der Waals surface area contributed by atoms with Gasteiger partial charge in [-0.3, -0.25) is 0 Å². The van der Waals surface area contributed by atoms with Crippen LogP contribution >= 0.6 is 0 Å². The van der Waals surface area contributed by atoms with Gasteiger partial charge in [0.05, 0.1) is 16.8 Å². The SMILES string of the molecule is c1ccc(-c2cc(-c3ccccc3)nc(-c3c4c(cc5ccccc35)C(c3ccccc3)(c3ccccc3)c3ccccc3-4)n2)cc1. The zero-order valence-corrected chi connectivity index (χ0v) is 25.7. The summed E-state index contributed by atoms with van der Waals surface area (Å²) in [6.45, 7) is 0. The highest BCUT2D eigenvalue weighted by Gasteiger charge is 2.47. The molecular weight excluding hydrogens is 569 g/mol. The third-order valence-corrected chi connectivity index (χ3v) is 9.56. The lowest BCUT2D eigenvalue weighted by atomic mass is 9.67. The van der Waals surface area contributed by atoms with Crippen LogP contribution in [0.25, 0.3) is 55.8 Å². The van der Waals surface area contributed by atoms with E-state index in [1.54, 1.807) is 0 Å². The van der Waals surface area contributed by atoms with Gasteiger partial charge < -0.3 is 0 Å². The molecule has 2 heteroatoms. The van der Waals surface area contributed by atoms with Crippen molar-refractivity contribution in [2.45, 2.75) is 5.41 Å². The average Bonchev–Trinajstić information content (AvgIpc) is 3.45. The van der Waals surface area contributed by atoms with Crippen molar-refractivity contribution in [1.82, 2.24) is 9.97 Å². The van der Waals surface area contributed by atoms with Crippen LogP contribution in [0.4, 0.5) is 0 Å². The largest absolute Gasteiger partial charge is 0.228 e. The van der Waals surface area contributed by atoms with Crippen molar-refractivity contribution in [3.05, 3.63) is 204 Å². The summed E-state index contributed by atoms with van der Waals surface area (Å²) >= 11 is 0. The molecule has 0 unspecified atom stereocenters. The molecule has 7 aromatic carbocycles. The van der Waals surface area contributed by atoms with Crippen molar-refractivity contribution in [1.29, 1.82) is 0 Å². The summed E-state index contributed by atoms with van der Waals surface area (Å²) < 4.78 is 0. The molecule has 0 amide bonds. The van der Waals surface area contributed by atoms with E-state index >= 15 is 0 Å². The summed E-state index contributed by atoms with van der Waals surface area (Å²) in [7, 11) is 0. The second-order valence-corrected chi connectivity index (χ2v) is 12.1. The Labute approximate surface area is 274 Å². The van der Waals surface area contributed by atoms with E-state index in [0.717, 1.165) is 39.3 Å². The average molecular weight is 599 g/mol. The molecule has 0 atom stereocenters. The first-order chi connectivity index (χ1) is 23.3. The molecule has 0 bridgehead atoms. The van der Waals surface area contributed by atoms with Crippen LogP contribution < -0.4 is 0 Å². The van der Waals surface area contributed by atoms with Crippen LogP contribution in [0.5, 0.6) is 0 Å². The molecule has 0 saturated heterocycles. The lowest BCUT2D eigenvalue weighted by Crippen LogP contribution is -2.28. The van der Waals surface area contributed by atoms with Gasteiger partial charge in [-0.1, -0.05) is 170 Å². The number of benzene rings is 7. The topological polar surface area (TPSA) is 25.8 Å². The normalized spacial score (nSPS) is 12.9. The van der Waals surface area contributed by atoms with Crippen LogP contribution in [0, 0.1) is 0 Å².